The van der Waals surface area contributed by atoms with Gasteiger partial charge in [-0.1, -0.05) is 32.1 Å². The van der Waals surface area contributed by atoms with Crippen LogP contribution in [0.3, 0.4) is 0 Å². The molecule has 2 saturated carbocycles. The summed E-state index contributed by atoms with van der Waals surface area (Å²) in [6, 6.07) is 0. The van der Waals surface area contributed by atoms with Crippen molar-refractivity contribution in [2.75, 3.05) is 5.75 Å². The van der Waals surface area contributed by atoms with Gasteiger partial charge in [0, 0.05) is 11.0 Å². The fourth-order valence-electron chi connectivity index (χ4n) is 2.48. The molecule has 0 radical (unpaired) electrons. The molecule has 14 heavy (non-hydrogen) atoms. The van der Waals surface area contributed by atoms with E-state index in [1.54, 1.807) is 0 Å². The van der Waals surface area contributed by atoms with Crippen LogP contribution in [0, 0.1) is 5.92 Å². The Morgan fingerprint density at radius 1 is 1.07 bits per heavy atom. The Morgan fingerprint density at radius 2 is 1.79 bits per heavy atom. The smallest absolute Gasteiger partial charge is 0.0633 e. The van der Waals surface area contributed by atoms with Crippen molar-refractivity contribution in [1.29, 1.82) is 0 Å². The predicted octanol–water partition coefficient (Wildman–Crippen LogP) is 3.21. The van der Waals surface area contributed by atoms with Gasteiger partial charge in [0.2, 0.25) is 0 Å². The summed E-state index contributed by atoms with van der Waals surface area (Å²) in [5.41, 5.74) is 0. The number of hydrogen-bond donors (Lipinski definition) is 1. The fourth-order valence-corrected chi connectivity index (χ4v) is 3.78. The number of aliphatic hydroxyl groups excluding tert-OH is 1. The van der Waals surface area contributed by atoms with Crippen LogP contribution >= 0.6 is 11.8 Å². The van der Waals surface area contributed by atoms with Crippen molar-refractivity contribution in [1.82, 2.24) is 0 Å². The van der Waals surface area contributed by atoms with Crippen molar-refractivity contribution in [3.8, 4) is 0 Å². The molecule has 1 atom stereocenters. The van der Waals surface area contributed by atoms with Crippen LogP contribution in [-0.4, -0.2) is 22.2 Å². The molecule has 0 spiro atoms. The molecule has 1 N–H and O–H groups in total. The molecule has 1 nitrogen and oxygen atoms in total. The molecule has 0 aromatic rings. The number of thioether (sulfide) groups is 1. The summed E-state index contributed by atoms with van der Waals surface area (Å²) in [4.78, 5) is 0. The second kappa shape index (κ2) is 5.41. The maximum absolute atomic E-state index is 9.82. The first-order chi connectivity index (χ1) is 6.84. The van der Waals surface area contributed by atoms with E-state index in [0.717, 1.165) is 23.3 Å². The summed E-state index contributed by atoms with van der Waals surface area (Å²) in [7, 11) is 0. The van der Waals surface area contributed by atoms with Crippen LogP contribution in [0.15, 0.2) is 0 Å². The van der Waals surface area contributed by atoms with Crippen LogP contribution in [0.4, 0.5) is 0 Å². The maximum Gasteiger partial charge on any atom is 0.0633 e. The topological polar surface area (TPSA) is 20.2 Å². The zero-order chi connectivity index (χ0) is 9.80. The van der Waals surface area contributed by atoms with Crippen LogP contribution in [0.5, 0.6) is 0 Å². The molecule has 82 valence electrons. The molecule has 0 amide bonds. The van der Waals surface area contributed by atoms with Crippen LogP contribution in [0.2, 0.25) is 0 Å². The molecule has 0 heterocycles. The second-order valence-corrected chi connectivity index (χ2v) is 6.26. The average Bonchev–Trinajstić information content (AvgIpc) is 2.60. The van der Waals surface area contributed by atoms with Gasteiger partial charge >= 0.3 is 0 Å². The van der Waals surface area contributed by atoms with Crippen LogP contribution < -0.4 is 0 Å². The van der Waals surface area contributed by atoms with E-state index in [-0.39, 0.29) is 6.10 Å². The van der Waals surface area contributed by atoms with Gasteiger partial charge in [-0.05, 0) is 25.2 Å². The first-order valence-electron chi connectivity index (χ1n) is 6.14. The van der Waals surface area contributed by atoms with Crippen LogP contribution in [0.25, 0.3) is 0 Å². The lowest BCUT2D eigenvalue weighted by atomic mass is 9.82. The molecule has 2 heteroatoms. The third kappa shape index (κ3) is 3.16. The molecule has 2 fully saturated rings. The van der Waals surface area contributed by atoms with Crippen molar-refractivity contribution < 1.29 is 5.11 Å². The van der Waals surface area contributed by atoms with E-state index in [1.165, 1.54) is 44.9 Å². The summed E-state index contributed by atoms with van der Waals surface area (Å²) in [5, 5.41) is 10.7. The molecule has 0 bridgehead atoms. The number of aliphatic hydroxyl groups is 1. The summed E-state index contributed by atoms with van der Waals surface area (Å²) in [5.74, 6) is 1.84. The van der Waals surface area contributed by atoms with Gasteiger partial charge in [-0.25, -0.2) is 0 Å². The van der Waals surface area contributed by atoms with E-state index in [9.17, 15) is 5.11 Å². The van der Waals surface area contributed by atoms with E-state index >= 15 is 0 Å². The number of rotatable bonds is 5. The molecule has 0 saturated heterocycles. The Morgan fingerprint density at radius 3 is 2.36 bits per heavy atom. The minimum absolute atomic E-state index is 0.0223. The lowest BCUT2D eigenvalue weighted by Crippen LogP contribution is -2.21. The van der Waals surface area contributed by atoms with Crippen LogP contribution in [0.1, 0.15) is 51.4 Å². The van der Waals surface area contributed by atoms with Gasteiger partial charge in [0.25, 0.3) is 0 Å². The highest BCUT2D eigenvalue weighted by Crippen LogP contribution is 2.33. The normalized spacial score (nSPS) is 26.4. The maximum atomic E-state index is 9.82. The van der Waals surface area contributed by atoms with E-state index < -0.39 is 0 Å². The highest BCUT2D eigenvalue weighted by molar-refractivity contribution is 7.99. The number of hydrogen-bond acceptors (Lipinski definition) is 2. The van der Waals surface area contributed by atoms with Crippen molar-refractivity contribution in [2.45, 2.75) is 62.7 Å². The third-order valence-corrected chi connectivity index (χ3v) is 5.18. The first-order valence-corrected chi connectivity index (χ1v) is 7.19. The molecule has 2 rings (SSSR count). The summed E-state index contributed by atoms with van der Waals surface area (Å²) in [6.07, 6.45) is 10.8. The standard InChI is InChI=1S/C12H22OS/c13-11(8-10-4-3-5-10)9-14-12-6-1-2-7-12/h10-13H,1-9H2. The zero-order valence-corrected chi connectivity index (χ0v) is 9.77. The van der Waals surface area contributed by atoms with Gasteiger partial charge in [-0.3, -0.25) is 0 Å². The Labute approximate surface area is 91.7 Å². The minimum Gasteiger partial charge on any atom is -0.392 e. The lowest BCUT2D eigenvalue weighted by Gasteiger charge is -2.27. The zero-order valence-electron chi connectivity index (χ0n) is 8.95. The van der Waals surface area contributed by atoms with Gasteiger partial charge in [-0.2, -0.15) is 11.8 Å². The Hall–Kier alpha value is 0.310. The minimum atomic E-state index is -0.0223. The van der Waals surface area contributed by atoms with Crippen LogP contribution in [-0.2, 0) is 0 Å². The van der Waals surface area contributed by atoms with Crippen molar-refractivity contribution >= 4 is 11.8 Å². The molecular weight excluding hydrogens is 192 g/mol. The van der Waals surface area contributed by atoms with Crippen molar-refractivity contribution in [3.05, 3.63) is 0 Å². The van der Waals surface area contributed by atoms with Crippen molar-refractivity contribution in [2.24, 2.45) is 5.92 Å². The van der Waals surface area contributed by atoms with E-state index in [2.05, 4.69) is 0 Å². The van der Waals surface area contributed by atoms with Gasteiger partial charge < -0.3 is 5.11 Å². The second-order valence-electron chi connectivity index (χ2n) is 4.93. The SMILES string of the molecule is OC(CSC1CCCC1)CC1CCC1. The average molecular weight is 214 g/mol. The van der Waals surface area contributed by atoms with Gasteiger partial charge in [0.1, 0.15) is 0 Å². The van der Waals surface area contributed by atoms with Gasteiger partial charge in [0.15, 0.2) is 0 Å². The first kappa shape index (κ1) is 10.8. The largest absolute Gasteiger partial charge is 0.392 e. The lowest BCUT2D eigenvalue weighted by molar-refractivity contribution is 0.136. The summed E-state index contributed by atoms with van der Waals surface area (Å²) in [6.45, 7) is 0. The van der Waals surface area contributed by atoms with Gasteiger partial charge in [-0.15, -0.1) is 0 Å². The molecule has 0 aromatic carbocycles. The monoisotopic (exact) mass is 214 g/mol. The molecule has 0 aromatic heterocycles. The highest BCUT2D eigenvalue weighted by Gasteiger charge is 2.22. The molecule has 1 unspecified atom stereocenters. The fraction of sp³-hybridized carbons (Fsp3) is 1.00. The quantitative estimate of drug-likeness (QED) is 0.758. The van der Waals surface area contributed by atoms with E-state index in [0.29, 0.717) is 0 Å². The highest BCUT2D eigenvalue weighted by atomic mass is 32.2. The summed E-state index contributed by atoms with van der Waals surface area (Å²) < 4.78 is 0. The van der Waals surface area contributed by atoms with Gasteiger partial charge in [0.05, 0.1) is 6.10 Å². The third-order valence-electron chi connectivity index (χ3n) is 3.66. The Bertz CT molecular complexity index is 162. The molecule has 0 aliphatic heterocycles. The molecule has 2 aliphatic carbocycles. The summed E-state index contributed by atoms with van der Waals surface area (Å²) >= 11 is 2.02. The molecule has 2 aliphatic rings. The van der Waals surface area contributed by atoms with Crippen molar-refractivity contribution in [3.63, 3.8) is 0 Å². The predicted molar refractivity (Wildman–Crippen MR) is 62.7 cm³/mol. The Balaban J connectivity index is 1.54. The molecular formula is C12H22OS. The van der Waals surface area contributed by atoms with E-state index in [4.69, 9.17) is 0 Å². The Kier molecular flexibility index (Phi) is 4.18. The van der Waals surface area contributed by atoms with E-state index in [1.807, 2.05) is 11.8 Å².